The SMILES string of the molecule is CNCc1cc(S(=O)(=O)NC2CCC(C)C2C)ccc1F. The molecular formula is C15H23FN2O2S. The van der Waals surface area contributed by atoms with E-state index in [1.807, 2.05) is 0 Å². The minimum atomic E-state index is -3.60. The van der Waals surface area contributed by atoms with Gasteiger partial charge in [-0.05, 0) is 49.9 Å². The molecule has 21 heavy (non-hydrogen) atoms. The molecule has 118 valence electrons. The highest BCUT2D eigenvalue weighted by atomic mass is 32.2. The number of sulfonamides is 1. The number of hydrogen-bond donors (Lipinski definition) is 2. The number of halogens is 1. The molecular weight excluding hydrogens is 291 g/mol. The first-order valence-corrected chi connectivity index (χ1v) is 8.79. The first kappa shape index (κ1) is 16.4. The molecule has 1 fully saturated rings. The first-order valence-electron chi connectivity index (χ1n) is 7.30. The highest BCUT2D eigenvalue weighted by Crippen LogP contribution is 2.32. The lowest BCUT2D eigenvalue weighted by atomic mass is 9.98. The standard InChI is InChI=1S/C15H23FN2O2S/c1-10-4-7-15(11(10)2)18-21(19,20)13-5-6-14(16)12(8-13)9-17-3/h5-6,8,10-11,15,17-18H,4,7,9H2,1-3H3. The minimum Gasteiger partial charge on any atom is -0.316 e. The van der Waals surface area contributed by atoms with Crippen LogP contribution in [0.2, 0.25) is 0 Å². The summed E-state index contributed by atoms with van der Waals surface area (Å²) in [6.45, 7) is 4.51. The van der Waals surface area contributed by atoms with Gasteiger partial charge < -0.3 is 5.32 Å². The van der Waals surface area contributed by atoms with Crippen molar-refractivity contribution in [3.8, 4) is 0 Å². The fraction of sp³-hybridized carbons (Fsp3) is 0.600. The predicted molar refractivity (Wildman–Crippen MR) is 80.8 cm³/mol. The molecule has 1 aromatic rings. The molecule has 6 heteroatoms. The van der Waals surface area contributed by atoms with Crippen molar-refractivity contribution >= 4 is 10.0 Å². The Morgan fingerprint density at radius 2 is 2.00 bits per heavy atom. The van der Waals surface area contributed by atoms with Crippen molar-refractivity contribution in [2.24, 2.45) is 11.8 Å². The summed E-state index contributed by atoms with van der Waals surface area (Å²) in [5.41, 5.74) is 0.355. The second kappa shape index (κ2) is 6.42. The summed E-state index contributed by atoms with van der Waals surface area (Å²) < 4.78 is 41.3. The molecule has 2 N–H and O–H groups in total. The third-order valence-corrected chi connectivity index (χ3v) is 5.95. The summed E-state index contributed by atoms with van der Waals surface area (Å²) in [4.78, 5) is 0.126. The zero-order valence-electron chi connectivity index (χ0n) is 12.7. The second-order valence-electron chi connectivity index (χ2n) is 5.93. The summed E-state index contributed by atoms with van der Waals surface area (Å²) in [7, 11) is -1.91. The van der Waals surface area contributed by atoms with E-state index in [-0.39, 0.29) is 10.9 Å². The van der Waals surface area contributed by atoms with Crippen molar-refractivity contribution in [3.05, 3.63) is 29.6 Å². The van der Waals surface area contributed by atoms with E-state index in [4.69, 9.17) is 0 Å². The van der Waals surface area contributed by atoms with Crippen LogP contribution in [0, 0.1) is 17.7 Å². The number of benzene rings is 1. The van der Waals surface area contributed by atoms with Gasteiger partial charge in [0, 0.05) is 18.2 Å². The lowest BCUT2D eigenvalue weighted by Gasteiger charge is -2.20. The van der Waals surface area contributed by atoms with E-state index >= 15 is 0 Å². The molecule has 1 aliphatic rings. The van der Waals surface area contributed by atoms with Crippen molar-refractivity contribution in [2.75, 3.05) is 7.05 Å². The van der Waals surface area contributed by atoms with Gasteiger partial charge in [-0.3, -0.25) is 0 Å². The molecule has 1 aromatic carbocycles. The zero-order valence-corrected chi connectivity index (χ0v) is 13.5. The number of hydrogen-bond acceptors (Lipinski definition) is 3. The van der Waals surface area contributed by atoms with Gasteiger partial charge in [-0.25, -0.2) is 17.5 Å². The van der Waals surface area contributed by atoms with Gasteiger partial charge in [0.05, 0.1) is 4.90 Å². The number of nitrogens with one attached hydrogen (secondary N) is 2. The summed E-state index contributed by atoms with van der Waals surface area (Å²) in [6.07, 6.45) is 1.88. The van der Waals surface area contributed by atoms with Crippen molar-refractivity contribution < 1.29 is 12.8 Å². The Bertz CT molecular complexity index is 604. The first-order chi connectivity index (χ1) is 9.85. The third kappa shape index (κ3) is 3.62. The molecule has 0 radical (unpaired) electrons. The minimum absolute atomic E-state index is 0.0391. The molecule has 2 rings (SSSR count). The van der Waals surface area contributed by atoms with Crippen LogP contribution >= 0.6 is 0 Å². The highest BCUT2D eigenvalue weighted by molar-refractivity contribution is 7.89. The smallest absolute Gasteiger partial charge is 0.240 e. The summed E-state index contributed by atoms with van der Waals surface area (Å²) in [6, 6.07) is 3.89. The fourth-order valence-corrected chi connectivity index (χ4v) is 4.25. The van der Waals surface area contributed by atoms with Crippen LogP contribution in [0.3, 0.4) is 0 Å². The lowest BCUT2D eigenvalue weighted by Crippen LogP contribution is -2.37. The molecule has 0 amide bonds. The van der Waals surface area contributed by atoms with Crippen molar-refractivity contribution in [1.29, 1.82) is 0 Å². The molecule has 0 bridgehead atoms. The van der Waals surface area contributed by atoms with Gasteiger partial charge in [0.25, 0.3) is 0 Å². The normalized spacial score (nSPS) is 26.2. The second-order valence-corrected chi connectivity index (χ2v) is 7.64. The van der Waals surface area contributed by atoms with Gasteiger partial charge in [0.1, 0.15) is 5.82 Å². The fourth-order valence-electron chi connectivity index (χ4n) is 2.84. The van der Waals surface area contributed by atoms with Gasteiger partial charge in [-0.2, -0.15) is 0 Å². The molecule has 3 unspecified atom stereocenters. The molecule has 4 nitrogen and oxygen atoms in total. The zero-order chi connectivity index (χ0) is 15.6. The maximum Gasteiger partial charge on any atom is 0.240 e. The molecule has 0 spiro atoms. The Morgan fingerprint density at radius 3 is 2.57 bits per heavy atom. The van der Waals surface area contributed by atoms with E-state index in [2.05, 4.69) is 23.9 Å². The van der Waals surface area contributed by atoms with Crippen LogP contribution in [0.15, 0.2) is 23.1 Å². The summed E-state index contributed by atoms with van der Waals surface area (Å²) in [5.74, 6) is 0.439. The van der Waals surface area contributed by atoms with Crippen LogP contribution in [0.4, 0.5) is 4.39 Å². The van der Waals surface area contributed by atoms with Crippen LogP contribution in [0.1, 0.15) is 32.3 Å². The third-order valence-electron chi connectivity index (χ3n) is 4.47. The van der Waals surface area contributed by atoms with Gasteiger partial charge in [-0.1, -0.05) is 13.8 Å². The molecule has 0 aliphatic heterocycles. The molecule has 0 saturated heterocycles. The van der Waals surface area contributed by atoms with Gasteiger partial charge in [-0.15, -0.1) is 0 Å². The molecule has 0 aromatic heterocycles. The van der Waals surface area contributed by atoms with Gasteiger partial charge >= 0.3 is 0 Å². The molecule has 1 saturated carbocycles. The topological polar surface area (TPSA) is 58.2 Å². The Hall–Kier alpha value is -0.980. The van der Waals surface area contributed by atoms with Crippen LogP contribution < -0.4 is 10.0 Å². The lowest BCUT2D eigenvalue weighted by molar-refractivity contribution is 0.402. The average molecular weight is 314 g/mol. The van der Waals surface area contributed by atoms with Crippen LogP contribution in [0.5, 0.6) is 0 Å². The molecule has 3 atom stereocenters. The maximum absolute atomic E-state index is 13.6. The van der Waals surface area contributed by atoms with E-state index in [9.17, 15) is 12.8 Å². The average Bonchev–Trinajstić information content (AvgIpc) is 2.73. The largest absolute Gasteiger partial charge is 0.316 e. The highest BCUT2D eigenvalue weighted by Gasteiger charge is 2.33. The predicted octanol–water partition coefficient (Wildman–Crippen LogP) is 2.26. The Balaban J connectivity index is 2.21. The monoisotopic (exact) mass is 314 g/mol. The van der Waals surface area contributed by atoms with Crippen molar-refractivity contribution in [1.82, 2.24) is 10.0 Å². The Kier molecular flexibility index (Phi) is 5.01. The van der Waals surface area contributed by atoms with E-state index in [0.717, 1.165) is 12.8 Å². The van der Waals surface area contributed by atoms with Crippen molar-refractivity contribution in [3.63, 3.8) is 0 Å². The van der Waals surface area contributed by atoms with E-state index < -0.39 is 15.8 Å². The summed E-state index contributed by atoms with van der Waals surface area (Å²) >= 11 is 0. The van der Waals surface area contributed by atoms with E-state index in [1.54, 1.807) is 7.05 Å². The van der Waals surface area contributed by atoms with Gasteiger partial charge in [0.15, 0.2) is 0 Å². The van der Waals surface area contributed by atoms with Crippen molar-refractivity contribution in [2.45, 2.75) is 44.2 Å². The van der Waals surface area contributed by atoms with Gasteiger partial charge in [0.2, 0.25) is 10.0 Å². The summed E-state index contributed by atoms with van der Waals surface area (Å²) in [5, 5.41) is 2.83. The number of rotatable bonds is 5. The Labute approximate surface area is 126 Å². The van der Waals surface area contributed by atoms with Crippen LogP contribution in [0.25, 0.3) is 0 Å². The molecule has 1 aliphatic carbocycles. The quantitative estimate of drug-likeness (QED) is 0.876. The van der Waals surface area contributed by atoms with E-state index in [1.165, 1.54) is 18.2 Å². The maximum atomic E-state index is 13.6. The Morgan fingerprint density at radius 1 is 1.29 bits per heavy atom. The van der Waals surface area contributed by atoms with Crippen LogP contribution in [-0.2, 0) is 16.6 Å². The van der Waals surface area contributed by atoms with E-state index in [0.29, 0.717) is 23.9 Å². The van der Waals surface area contributed by atoms with Crippen LogP contribution in [-0.4, -0.2) is 21.5 Å². The molecule has 0 heterocycles.